The lowest BCUT2D eigenvalue weighted by molar-refractivity contribution is -0.763. The maximum absolute atomic E-state index is 11.8. The number of hydrogen-bond donors (Lipinski definition) is 2. The molecule has 2 N–H and O–H groups in total. The molecule has 12 heteroatoms. The molecule has 0 unspecified atom stereocenters. The van der Waals surface area contributed by atoms with Crippen molar-refractivity contribution < 1.29 is 34.9 Å². The summed E-state index contributed by atoms with van der Waals surface area (Å²) < 4.78 is 5.04. The third-order valence-electron chi connectivity index (χ3n) is 2.66. The first-order valence-electron chi connectivity index (χ1n) is 6.80. The molecule has 2 aromatic rings. The van der Waals surface area contributed by atoms with E-state index in [1.165, 1.54) is 12.1 Å². The second-order valence-corrected chi connectivity index (χ2v) is 4.45. The highest BCUT2D eigenvalue weighted by Gasteiger charge is 2.12. The molecule has 1 heterocycles. The number of rotatable bonds is 6. The van der Waals surface area contributed by atoms with Crippen LogP contribution in [0.25, 0.3) is 0 Å². The van der Waals surface area contributed by atoms with E-state index in [9.17, 15) is 20.0 Å². The van der Waals surface area contributed by atoms with E-state index in [1.807, 2.05) is 0 Å². The van der Waals surface area contributed by atoms with Crippen LogP contribution in [-0.2, 0) is 22.8 Å². The third kappa shape index (κ3) is 7.54. The molecule has 0 amide bonds. The molecule has 0 saturated carbocycles. The Labute approximate surface area is 145 Å². The number of aromatic nitrogens is 1. The van der Waals surface area contributed by atoms with Crippen molar-refractivity contribution in [2.45, 2.75) is 13.2 Å². The number of phenols is 1. The Hall–Kier alpha value is -3.96. The summed E-state index contributed by atoms with van der Waals surface area (Å²) in [5, 5.41) is 32.4. The average molecular weight is 367 g/mol. The minimum absolute atomic E-state index is 0.0512. The minimum Gasteiger partial charge on any atom is -0.507 e. The molecule has 0 aliphatic rings. The second-order valence-electron chi connectivity index (χ2n) is 4.45. The van der Waals surface area contributed by atoms with E-state index in [4.69, 9.17) is 20.1 Å². The van der Waals surface area contributed by atoms with Gasteiger partial charge >= 0.3 is 5.97 Å². The van der Waals surface area contributed by atoms with Gasteiger partial charge in [-0.15, -0.1) is 20.2 Å². The number of carbonyl (C=O) groups excluding carboxylic acids is 1. The maximum atomic E-state index is 11.8. The Morgan fingerprint density at radius 3 is 2.19 bits per heavy atom. The zero-order valence-corrected chi connectivity index (χ0v) is 13.0. The van der Waals surface area contributed by atoms with Crippen LogP contribution < -0.4 is 0 Å². The molecule has 12 nitrogen and oxygen atoms in total. The zero-order chi connectivity index (χ0) is 19.5. The predicted molar refractivity (Wildman–Crippen MR) is 82.0 cm³/mol. The van der Waals surface area contributed by atoms with Gasteiger partial charge in [-0.05, 0) is 24.3 Å². The van der Waals surface area contributed by atoms with Crippen molar-refractivity contribution in [2.75, 3.05) is 0 Å². The Bertz CT molecular complexity index is 778. The van der Waals surface area contributed by atoms with E-state index in [0.29, 0.717) is 11.4 Å². The van der Waals surface area contributed by atoms with Crippen LogP contribution in [0, 0.1) is 20.2 Å². The molecule has 1 aromatic heterocycles. The number of aromatic hydroxyl groups is 1. The van der Waals surface area contributed by atoms with Crippen molar-refractivity contribution in [3.63, 3.8) is 0 Å². The first-order valence-corrected chi connectivity index (χ1v) is 6.80. The summed E-state index contributed by atoms with van der Waals surface area (Å²) in [6.45, 7) is -0.409. The summed E-state index contributed by atoms with van der Waals surface area (Å²) >= 11 is 0. The summed E-state index contributed by atoms with van der Waals surface area (Å²) in [6, 6.07) is 10.8. The number of esters is 1. The Morgan fingerprint density at radius 1 is 1.04 bits per heavy atom. The van der Waals surface area contributed by atoms with Crippen LogP contribution in [0.5, 0.6) is 5.75 Å². The van der Waals surface area contributed by atoms with Gasteiger partial charge in [0.1, 0.15) is 24.5 Å². The molecule has 138 valence electrons. The van der Waals surface area contributed by atoms with E-state index in [1.54, 1.807) is 30.3 Å². The lowest BCUT2D eigenvalue weighted by Gasteiger charge is -2.07. The number of ether oxygens (including phenoxy) is 1. The minimum atomic E-state index is -1.50. The van der Waals surface area contributed by atoms with Crippen molar-refractivity contribution >= 4 is 5.97 Å². The van der Waals surface area contributed by atoms with Crippen molar-refractivity contribution in [3.8, 4) is 5.75 Å². The lowest BCUT2D eigenvalue weighted by atomic mass is 10.2. The summed E-state index contributed by atoms with van der Waals surface area (Å²) in [6.07, 6.45) is 0. The molecular formula is C14H13N3O9. The normalized spacial score (nSPS) is 9.38. The van der Waals surface area contributed by atoms with Gasteiger partial charge in [-0.3, -0.25) is 4.98 Å². The highest BCUT2D eigenvalue weighted by Crippen LogP contribution is 2.17. The van der Waals surface area contributed by atoms with Gasteiger partial charge in [0.2, 0.25) is 0 Å². The van der Waals surface area contributed by atoms with E-state index in [0.717, 1.165) is 0 Å². The monoisotopic (exact) mass is 367 g/mol. The van der Waals surface area contributed by atoms with Crippen LogP contribution in [0.2, 0.25) is 0 Å². The first kappa shape index (κ1) is 20.1. The van der Waals surface area contributed by atoms with Gasteiger partial charge in [0, 0.05) is 0 Å². The number of para-hydroxylation sites is 1. The molecule has 0 atom stereocenters. The Balaban J connectivity index is 0.000000765. The zero-order valence-electron chi connectivity index (χ0n) is 13.0. The van der Waals surface area contributed by atoms with Crippen molar-refractivity contribution in [3.05, 3.63) is 79.6 Å². The Kier molecular flexibility index (Phi) is 7.74. The predicted octanol–water partition coefficient (Wildman–Crippen LogP) is 1.50. The van der Waals surface area contributed by atoms with Crippen LogP contribution in [0.4, 0.5) is 0 Å². The van der Waals surface area contributed by atoms with Crippen LogP contribution >= 0.6 is 0 Å². The molecule has 0 aliphatic carbocycles. The first-order chi connectivity index (χ1) is 12.3. The molecule has 0 bridgehead atoms. The van der Waals surface area contributed by atoms with Crippen LogP contribution in [0.3, 0.4) is 0 Å². The van der Waals surface area contributed by atoms with Crippen molar-refractivity contribution in [1.29, 1.82) is 0 Å². The van der Waals surface area contributed by atoms with Gasteiger partial charge in [-0.2, -0.15) is 0 Å². The highest BCUT2D eigenvalue weighted by molar-refractivity contribution is 5.92. The summed E-state index contributed by atoms with van der Waals surface area (Å²) in [7, 11) is 0. The smallest absolute Gasteiger partial charge is 0.342 e. The summed E-state index contributed by atoms with van der Waals surface area (Å²) in [5.41, 5.74) is 0.802. The molecule has 0 radical (unpaired) electrons. The van der Waals surface area contributed by atoms with E-state index >= 15 is 0 Å². The fourth-order valence-electron chi connectivity index (χ4n) is 1.67. The third-order valence-corrected chi connectivity index (χ3v) is 2.66. The van der Waals surface area contributed by atoms with Gasteiger partial charge in [0.15, 0.2) is 0 Å². The highest BCUT2D eigenvalue weighted by atomic mass is 16.9. The number of benzene rings is 1. The quantitative estimate of drug-likeness (QED) is 0.432. The molecule has 26 heavy (non-hydrogen) atoms. The fourth-order valence-corrected chi connectivity index (χ4v) is 1.67. The van der Waals surface area contributed by atoms with Crippen LogP contribution in [0.1, 0.15) is 21.7 Å². The number of carbonyl (C=O) groups is 1. The van der Waals surface area contributed by atoms with Crippen LogP contribution in [0.15, 0.2) is 42.5 Å². The molecular weight excluding hydrogens is 354 g/mol. The van der Waals surface area contributed by atoms with Gasteiger partial charge in [0.25, 0.3) is 10.2 Å². The van der Waals surface area contributed by atoms with Gasteiger partial charge in [-0.25, -0.2) is 4.79 Å². The lowest BCUT2D eigenvalue weighted by Crippen LogP contribution is -2.08. The molecule has 0 aliphatic heterocycles. The number of nitrogens with zero attached hydrogens (tertiary/aromatic N) is 3. The van der Waals surface area contributed by atoms with Gasteiger partial charge in [-0.1, -0.05) is 18.2 Å². The molecule has 2 rings (SSSR count). The number of phenolic OH excluding ortho intramolecular Hbond substituents is 1. The standard InChI is InChI=1S/C14H12N2O6.HNO3/c17-13-7-2-1-6-12(13)14(18)21-8-10-4-3-5-11(15-10)9-22-16(19)20;2-1(3)4/h1-7,17H,8-9H2;(H,2,3,4). The van der Waals surface area contributed by atoms with Crippen LogP contribution in [-0.4, -0.2) is 31.4 Å². The number of pyridine rings is 1. The average Bonchev–Trinajstić information content (AvgIpc) is 2.58. The number of hydrogen-bond acceptors (Lipinski definition) is 9. The van der Waals surface area contributed by atoms with Gasteiger partial charge in [0.05, 0.1) is 11.4 Å². The molecule has 1 aromatic carbocycles. The molecule has 0 fully saturated rings. The summed E-state index contributed by atoms with van der Waals surface area (Å²) in [4.78, 5) is 38.6. The van der Waals surface area contributed by atoms with Crippen molar-refractivity contribution in [2.24, 2.45) is 0 Å². The maximum Gasteiger partial charge on any atom is 0.342 e. The molecule has 0 spiro atoms. The van der Waals surface area contributed by atoms with E-state index in [2.05, 4.69) is 9.82 Å². The van der Waals surface area contributed by atoms with E-state index in [-0.39, 0.29) is 24.5 Å². The summed E-state index contributed by atoms with van der Waals surface area (Å²) in [5.74, 6) is -0.861. The Morgan fingerprint density at radius 2 is 1.62 bits per heavy atom. The van der Waals surface area contributed by atoms with Gasteiger partial charge < -0.3 is 19.9 Å². The van der Waals surface area contributed by atoms with E-state index < -0.39 is 16.1 Å². The SMILES string of the molecule is O=C(OCc1cccc(CO[N+](=O)[O-])n1)c1ccccc1O.O=[N+]([O-])O. The fraction of sp³-hybridized carbons (Fsp3) is 0.143. The largest absolute Gasteiger partial charge is 0.507 e. The molecule has 0 saturated heterocycles. The van der Waals surface area contributed by atoms with Crippen molar-refractivity contribution in [1.82, 2.24) is 4.98 Å². The topological polar surface area (TPSA) is 175 Å². The second kappa shape index (κ2) is 10.0.